The fourth-order valence-corrected chi connectivity index (χ4v) is 3.95. The van der Waals surface area contributed by atoms with Gasteiger partial charge in [0.1, 0.15) is 0 Å². The molecule has 4 nitrogen and oxygen atoms in total. The number of fused-ring (bicyclic) bond motifs is 2. The van der Waals surface area contributed by atoms with E-state index in [0.717, 1.165) is 25.8 Å². The summed E-state index contributed by atoms with van der Waals surface area (Å²) in [6.45, 7) is 1.41. The van der Waals surface area contributed by atoms with Crippen LogP contribution >= 0.6 is 0 Å². The van der Waals surface area contributed by atoms with Gasteiger partial charge in [-0.05, 0) is 36.8 Å². The van der Waals surface area contributed by atoms with E-state index in [9.17, 15) is 9.59 Å². The van der Waals surface area contributed by atoms with Crippen molar-refractivity contribution in [1.29, 1.82) is 0 Å². The van der Waals surface area contributed by atoms with Gasteiger partial charge in [-0.15, -0.1) is 0 Å². The van der Waals surface area contributed by atoms with Crippen LogP contribution in [0.5, 0.6) is 0 Å². The normalized spacial score (nSPS) is 28.7. The number of rotatable bonds is 2. The molecule has 21 heavy (non-hydrogen) atoms. The third-order valence-corrected chi connectivity index (χ3v) is 5.52. The van der Waals surface area contributed by atoms with E-state index in [1.54, 1.807) is 0 Å². The van der Waals surface area contributed by atoms with Crippen molar-refractivity contribution in [3.63, 3.8) is 0 Å². The molecule has 1 spiro atoms. The highest BCUT2D eigenvalue weighted by Gasteiger charge is 2.52. The highest BCUT2D eigenvalue weighted by Crippen LogP contribution is 2.52. The maximum absolute atomic E-state index is 12.7. The smallest absolute Gasteiger partial charge is 0.307 e. The van der Waals surface area contributed by atoms with Crippen molar-refractivity contribution in [2.75, 3.05) is 6.54 Å². The summed E-state index contributed by atoms with van der Waals surface area (Å²) in [7, 11) is 0. The third-order valence-electron chi connectivity index (χ3n) is 5.52. The number of amides is 1. The zero-order chi connectivity index (χ0) is 14.6. The minimum Gasteiger partial charge on any atom is -0.481 e. The molecule has 0 aromatic heterocycles. The number of aliphatic carboxylic acids is 1. The van der Waals surface area contributed by atoms with Crippen LogP contribution in [-0.2, 0) is 21.5 Å². The second kappa shape index (κ2) is 4.33. The number of carboxylic acids is 1. The average Bonchev–Trinajstić information content (AvgIpc) is 3.17. The molecule has 2 fully saturated rings. The molecule has 1 heterocycles. The van der Waals surface area contributed by atoms with Crippen molar-refractivity contribution >= 4 is 11.9 Å². The molecule has 2 saturated carbocycles. The first kappa shape index (κ1) is 12.9. The van der Waals surface area contributed by atoms with E-state index in [0.29, 0.717) is 13.0 Å². The summed E-state index contributed by atoms with van der Waals surface area (Å²) in [6.07, 6.45) is 3.64. The van der Waals surface area contributed by atoms with Crippen molar-refractivity contribution < 1.29 is 14.7 Å². The zero-order valence-corrected chi connectivity index (χ0v) is 11.9. The average molecular weight is 285 g/mol. The first-order valence-corrected chi connectivity index (χ1v) is 7.71. The van der Waals surface area contributed by atoms with Gasteiger partial charge in [-0.1, -0.05) is 24.3 Å². The van der Waals surface area contributed by atoms with Crippen molar-refractivity contribution in [1.82, 2.24) is 4.90 Å². The van der Waals surface area contributed by atoms with Crippen molar-refractivity contribution in [3.05, 3.63) is 35.4 Å². The molecule has 2 unspecified atom stereocenters. The molecule has 1 aromatic rings. The van der Waals surface area contributed by atoms with Crippen LogP contribution in [0, 0.1) is 11.8 Å². The van der Waals surface area contributed by atoms with E-state index < -0.39 is 11.9 Å². The first-order valence-electron chi connectivity index (χ1n) is 7.71. The van der Waals surface area contributed by atoms with Gasteiger partial charge in [0.2, 0.25) is 5.91 Å². The number of hydrogen-bond acceptors (Lipinski definition) is 2. The van der Waals surface area contributed by atoms with Gasteiger partial charge in [-0.3, -0.25) is 9.59 Å². The molecule has 2 atom stereocenters. The van der Waals surface area contributed by atoms with Gasteiger partial charge < -0.3 is 10.0 Å². The predicted molar refractivity (Wildman–Crippen MR) is 76.6 cm³/mol. The fourth-order valence-electron chi connectivity index (χ4n) is 3.95. The lowest BCUT2D eigenvalue weighted by Crippen LogP contribution is -2.49. The maximum Gasteiger partial charge on any atom is 0.307 e. The molecular weight excluding hydrogens is 266 g/mol. The molecule has 1 amide bonds. The van der Waals surface area contributed by atoms with E-state index in [1.165, 1.54) is 11.1 Å². The topological polar surface area (TPSA) is 57.6 Å². The van der Waals surface area contributed by atoms with E-state index >= 15 is 0 Å². The number of carbonyl (C=O) groups is 2. The molecule has 3 aliphatic rings. The predicted octanol–water partition coefficient (Wildman–Crippen LogP) is 2.17. The summed E-state index contributed by atoms with van der Waals surface area (Å²) >= 11 is 0. The van der Waals surface area contributed by atoms with Gasteiger partial charge in [-0.2, -0.15) is 0 Å². The van der Waals surface area contributed by atoms with Gasteiger partial charge in [0.25, 0.3) is 0 Å². The Morgan fingerprint density at radius 2 is 1.86 bits per heavy atom. The van der Waals surface area contributed by atoms with Crippen molar-refractivity contribution in [2.24, 2.45) is 11.8 Å². The lowest BCUT2D eigenvalue weighted by atomic mass is 9.72. The van der Waals surface area contributed by atoms with Gasteiger partial charge in [0.05, 0.1) is 11.8 Å². The Kier molecular flexibility index (Phi) is 2.65. The second-order valence-corrected chi connectivity index (χ2v) is 6.76. The molecule has 1 aromatic carbocycles. The highest BCUT2D eigenvalue weighted by atomic mass is 16.4. The molecule has 0 saturated heterocycles. The minimum absolute atomic E-state index is 0.0504. The Morgan fingerprint density at radius 3 is 2.48 bits per heavy atom. The summed E-state index contributed by atoms with van der Waals surface area (Å²) in [5, 5.41) is 9.15. The van der Waals surface area contributed by atoms with Crippen LogP contribution in [-0.4, -0.2) is 28.4 Å². The number of carbonyl (C=O) groups excluding carboxylic acids is 1. The van der Waals surface area contributed by atoms with Crippen LogP contribution in [0.3, 0.4) is 0 Å². The highest BCUT2D eigenvalue weighted by molar-refractivity contribution is 5.86. The zero-order valence-electron chi connectivity index (χ0n) is 11.9. The van der Waals surface area contributed by atoms with E-state index in [-0.39, 0.29) is 17.2 Å². The van der Waals surface area contributed by atoms with Crippen LogP contribution < -0.4 is 0 Å². The summed E-state index contributed by atoms with van der Waals surface area (Å²) in [5.74, 6) is -1.54. The molecule has 4 rings (SSSR count). The van der Waals surface area contributed by atoms with Crippen LogP contribution in [0.15, 0.2) is 24.3 Å². The summed E-state index contributed by atoms with van der Waals surface area (Å²) in [5.41, 5.74) is 2.80. The Labute approximate surface area is 123 Å². The largest absolute Gasteiger partial charge is 0.481 e. The van der Waals surface area contributed by atoms with Gasteiger partial charge in [0.15, 0.2) is 0 Å². The molecule has 0 bridgehead atoms. The number of benzene rings is 1. The number of nitrogens with zero attached hydrogens (tertiary/aromatic N) is 1. The lowest BCUT2D eigenvalue weighted by molar-refractivity contribution is -0.157. The molecule has 0 radical (unpaired) electrons. The Hall–Kier alpha value is -1.84. The van der Waals surface area contributed by atoms with Crippen LogP contribution in [0.2, 0.25) is 0 Å². The van der Waals surface area contributed by atoms with Crippen LogP contribution in [0.4, 0.5) is 0 Å². The van der Waals surface area contributed by atoms with E-state index in [2.05, 4.69) is 18.2 Å². The van der Waals surface area contributed by atoms with Crippen LogP contribution in [0.25, 0.3) is 0 Å². The van der Waals surface area contributed by atoms with Gasteiger partial charge in [0, 0.05) is 18.5 Å². The minimum atomic E-state index is -0.821. The number of hydrogen-bond donors (Lipinski definition) is 1. The van der Waals surface area contributed by atoms with E-state index in [4.69, 9.17) is 5.11 Å². The lowest BCUT2D eigenvalue weighted by Gasteiger charge is -2.41. The van der Waals surface area contributed by atoms with Gasteiger partial charge in [-0.25, -0.2) is 0 Å². The molecule has 1 N–H and O–H groups in total. The Morgan fingerprint density at radius 1 is 1.14 bits per heavy atom. The fraction of sp³-hybridized carbons (Fsp3) is 0.529. The maximum atomic E-state index is 12.7. The quantitative estimate of drug-likeness (QED) is 0.906. The first-order chi connectivity index (χ1) is 10.1. The van der Waals surface area contributed by atoms with Gasteiger partial charge >= 0.3 is 5.97 Å². The van der Waals surface area contributed by atoms with Crippen molar-refractivity contribution in [3.8, 4) is 0 Å². The Balaban J connectivity index is 1.58. The van der Waals surface area contributed by atoms with E-state index in [1.807, 2.05) is 11.0 Å². The molecule has 2 aliphatic carbocycles. The molecular formula is C17H19NO3. The molecule has 4 heteroatoms. The second-order valence-electron chi connectivity index (χ2n) is 6.76. The molecule has 110 valence electrons. The Bertz CT molecular complexity index is 620. The monoisotopic (exact) mass is 285 g/mol. The molecule has 1 aliphatic heterocycles. The third kappa shape index (κ3) is 1.88. The summed E-state index contributed by atoms with van der Waals surface area (Å²) in [6, 6.07) is 8.38. The summed E-state index contributed by atoms with van der Waals surface area (Å²) < 4.78 is 0. The number of carboxylic acid groups (broad SMARTS) is 1. The SMILES string of the molecule is O=C(O)C1CCC1C(=O)N1Cc2ccccc2C2(CC2)C1. The van der Waals surface area contributed by atoms with Crippen LogP contribution in [0.1, 0.15) is 36.8 Å². The van der Waals surface area contributed by atoms with Crippen molar-refractivity contribution in [2.45, 2.75) is 37.6 Å². The standard InChI is InChI=1S/C17H19NO3/c19-15(12-5-6-13(12)16(20)21)18-9-11-3-1-2-4-14(11)17(10-18)7-8-17/h1-4,12-13H,5-10H2,(H,20,21). The summed E-state index contributed by atoms with van der Waals surface area (Å²) in [4.78, 5) is 25.7.